The van der Waals surface area contributed by atoms with Crippen LogP contribution in [-0.2, 0) is 11.3 Å². The number of aromatic amines is 1. The summed E-state index contributed by atoms with van der Waals surface area (Å²) < 4.78 is 1.88. The third-order valence-corrected chi connectivity index (χ3v) is 6.30. The standard InChI is InChI=1S/C25H21N7O/c1-2-21(33)31-12-17-5-3-4-6-18(17)20(13-31)32-25-22(24(26)28-14-29-25)23(30-32)16-7-8-19-15(11-16)9-10-27-19/h2-11,14,20,27H,1,12-13H2,(H2,26,28,29). The summed E-state index contributed by atoms with van der Waals surface area (Å²) in [6, 6.07) is 16.0. The predicted molar refractivity (Wildman–Crippen MR) is 127 cm³/mol. The van der Waals surface area contributed by atoms with E-state index in [1.54, 1.807) is 4.90 Å². The van der Waals surface area contributed by atoms with Crippen molar-refractivity contribution in [3.8, 4) is 11.3 Å². The maximum Gasteiger partial charge on any atom is 0.246 e. The normalized spacial score (nSPS) is 15.6. The predicted octanol–water partition coefficient (Wildman–Crippen LogP) is 3.67. The van der Waals surface area contributed by atoms with Crippen molar-refractivity contribution in [1.29, 1.82) is 0 Å². The molecule has 1 aliphatic rings. The molecule has 6 rings (SSSR count). The number of anilines is 1. The Balaban J connectivity index is 1.58. The molecule has 1 aliphatic heterocycles. The van der Waals surface area contributed by atoms with Gasteiger partial charge in [-0.2, -0.15) is 5.10 Å². The number of carbonyl (C=O) groups is 1. The molecule has 4 heterocycles. The second-order valence-electron chi connectivity index (χ2n) is 8.17. The number of H-pyrrole nitrogens is 1. The highest BCUT2D eigenvalue weighted by Crippen LogP contribution is 2.36. The molecular formula is C25H21N7O. The number of fused-ring (bicyclic) bond motifs is 3. The van der Waals surface area contributed by atoms with Crippen molar-refractivity contribution in [1.82, 2.24) is 29.6 Å². The fourth-order valence-electron chi connectivity index (χ4n) is 4.70. The van der Waals surface area contributed by atoms with Crippen molar-refractivity contribution >= 4 is 33.7 Å². The molecule has 0 saturated heterocycles. The number of nitrogens with two attached hydrogens (primary N) is 1. The van der Waals surface area contributed by atoms with E-state index in [-0.39, 0.29) is 11.9 Å². The number of nitrogen functional groups attached to an aromatic ring is 1. The maximum absolute atomic E-state index is 12.5. The molecule has 3 N–H and O–H groups in total. The molecule has 3 aromatic heterocycles. The molecule has 0 aliphatic carbocycles. The number of hydrogen-bond acceptors (Lipinski definition) is 5. The summed E-state index contributed by atoms with van der Waals surface area (Å²) in [6.45, 7) is 4.65. The Morgan fingerprint density at radius 3 is 2.94 bits per heavy atom. The Morgan fingerprint density at radius 2 is 2.06 bits per heavy atom. The lowest BCUT2D eigenvalue weighted by atomic mass is 9.95. The van der Waals surface area contributed by atoms with Crippen LogP contribution in [0.15, 0.2) is 73.7 Å². The third-order valence-electron chi connectivity index (χ3n) is 6.30. The number of nitrogens with zero attached hydrogens (tertiary/aromatic N) is 5. The molecule has 1 atom stereocenters. The Morgan fingerprint density at radius 1 is 1.18 bits per heavy atom. The van der Waals surface area contributed by atoms with Crippen LogP contribution in [0.5, 0.6) is 0 Å². The lowest BCUT2D eigenvalue weighted by molar-refractivity contribution is -0.127. The van der Waals surface area contributed by atoms with Gasteiger partial charge in [0.05, 0.1) is 11.4 Å². The molecule has 0 saturated carbocycles. The van der Waals surface area contributed by atoms with Crippen molar-refractivity contribution in [3.63, 3.8) is 0 Å². The van der Waals surface area contributed by atoms with Gasteiger partial charge in [-0.3, -0.25) is 4.79 Å². The van der Waals surface area contributed by atoms with E-state index < -0.39 is 0 Å². The minimum atomic E-state index is -0.222. The monoisotopic (exact) mass is 435 g/mol. The molecule has 5 aromatic rings. The van der Waals surface area contributed by atoms with Crippen LogP contribution in [0.4, 0.5) is 5.82 Å². The molecule has 2 aromatic carbocycles. The molecule has 0 bridgehead atoms. The number of benzene rings is 2. The summed E-state index contributed by atoms with van der Waals surface area (Å²) in [5, 5.41) is 6.80. The van der Waals surface area contributed by atoms with Crippen molar-refractivity contribution in [2.24, 2.45) is 0 Å². The average molecular weight is 435 g/mol. The van der Waals surface area contributed by atoms with Gasteiger partial charge in [0.15, 0.2) is 5.65 Å². The van der Waals surface area contributed by atoms with Gasteiger partial charge in [0.25, 0.3) is 0 Å². The minimum Gasteiger partial charge on any atom is -0.383 e. The van der Waals surface area contributed by atoms with Gasteiger partial charge in [0.2, 0.25) is 5.91 Å². The highest BCUT2D eigenvalue weighted by Gasteiger charge is 2.31. The van der Waals surface area contributed by atoms with Crippen LogP contribution in [0.1, 0.15) is 17.2 Å². The van der Waals surface area contributed by atoms with E-state index in [1.165, 1.54) is 12.4 Å². The van der Waals surface area contributed by atoms with E-state index in [0.717, 1.165) is 33.3 Å². The molecule has 0 fully saturated rings. The first-order valence-corrected chi connectivity index (χ1v) is 10.7. The topological polar surface area (TPSA) is 106 Å². The number of nitrogens with one attached hydrogen (secondary N) is 1. The molecule has 8 heteroatoms. The smallest absolute Gasteiger partial charge is 0.246 e. The largest absolute Gasteiger partial charge is 0.383 e. The quantitative estimate of drug-likeness (QED) is 0.421. The number of amides is 1. The van der Waals surface area contributed by atoms with Crippen LogP contribution in [0.2, 0.25) is 0 Å². The summed E-state index contributed by atoms with van der Waals surface area (Å²) in [4.78, 5) is 26.3. The number of rotatable bonds is 3. The van der Waals surface area contributed by atoms with E-state index in [1.807, 2.05) is 47.3 Å². The SMILES string of the molecule is C=CC(=O)N1Cc2ccccc2C(n2nc(-c3ccc4[nH]ccc4c3)c3c(N)ncnc32)C1. The summed E-state index contributed by atoms with van der Waals surface area (Å²) in [7, 11) is 0. The van der Waals surface area contributed by atoms with Crippen LogP contribution >= 0.6 is 0 Å². The first-order valence-electron chi connectivity index (χ1n) is 10.7. The van der Waals surface area contributed by atoms with Crippen LogP contribution in [0.25, 0.3) is 33.2 Å². The third kappa shape index (κ3) is 2.99. The zero-order valence-corrected chi connectivity index (χ0v) is 17.8. The molecule has 0 spiro atoms. The molecule has 33 heavy (non-hydrogen) atoms. The van der Waals surface area contributed by atoms with Gasteiger partial charge in [0.1, 0.15) is 17.8 Å². The van der Waals surface area contributed by atoms with Crippen molar-refractivity contribution in [2.45, 2.75) is 12.6 Å². The van der Waals surface area contributed by atoms with E-state index in [2.05, 4.69) is 33.7 Å². The van der Waals surface area contributed by atoms with Gasteiger partial charge in [-0.15, -0.1) is 0 Å². The van der Waals surface area contributed by atoms with E-state index >= 15 is 0 Å². The van der Waals surface area contributed by atoms with Crippen LogP contribution < -0.4 is 5.73 Å². The second-order valence-corrected chi connectivity index (χ2v) is 8.17. The Hall–Kier alpha value is -4.46. The van der Waals surface area contributed by atoms with Gasteiger partial charge >= 0.3 is 0 Å². The maximum atomic E-state index is 12.5. The van der Waals surface area contributed by atoms with Gasteiger partial charge in [-0.25, -0.2) is 14.6 Å². The molecule has 0 radical (unpaired) electrons. The highest BCUT2D eigenvalue weighted by molar-refractivity contribution is 6.00. The number of hydrogen-bond donors (Lipinski definition) is 2. The lowest BCUT2D eigenvalue weighted by Crippen LogP contribution is -2.39. The number of carbonyl (C=O) groups excluding carboxylic acids is 1. The Bertz CT molecular complexity index is 1550. The molecule has 162 valence electrons. The zero-order valence-electron chi connectivity index (χ0n) is 17.8. The summed E-state index contributed by atoms with van der Waals surface area (Å²) in [5.74, 6) is 0.261. The first kappa shape index (κ1) is 19.2. The van der Waals surface area contributed by atoms with Crippen molar-refractivity contribution < 1.29 is 4.79 Å². The van der Waals surface area contributed by atoms with Gasteiger partial charge < -0.3 is 15.6 Å². The summed E-state index contributed by atoms with van der Waals surface area (Å²) >= 11 is 0. The second kappa shape index (κ2) is 7.30. The van der Waals surface area contributed by atoms with Crippen molar-refractivity contribution in [3.05, 3.63) is 84.8 Å². The molecule has 1 unspecified atom stereocenters. The number of aromatic nitrogens is 5. The van der Waals surface area contributed by atoms with Crippen LogP contribution in [0.3, 0.4) is 0 Å². The van der Waals surface area contributed by atoms with Crippen molar-refractivity contribution in [2.75, 3.05) is 12.3 Å². The van der Waals surface area contributed by atoms with E-state index in [0.29, 0.717) is 29.9 Å². The fourth-order valence-corrected chi connectivity index (χ4v) is 4.70. The van der Waals surface area contributed by atoms with Crippen LogP contribution in [0, 0.1) is 0 Å². The average Bonchev–Trinajstić information content (AvgIpc) is 3.48. The zero-order chi connectivity index (χ0) is 22.5. The lowest BCUT2D eigenvalue weighted by Gasteiger charge is -2.34. The van der Waals surface area contributed by atoms with Gasteiger partial charge in [-0.1, -0.05) is 36.9 Å². The summed E-state index contributed by atoms with van der Waals surface area (Å²) in [6.07, 6.45) is 4.72. The Labute approximate surface area is 189 Å². The first-order chi connectivity index (χ1) is 16.1. The fraction of sp³-hybridized carbons (Fsp3) is 0.120. The minimum absolute atomic E-state index is 0.113. The molecule has 8 nitrogen and oxygen atoms in total. The molecular weight excluding hydrogens is 414 g/mol. The van der Waals surface area contributed by atoms with Gasteiger partial charge in [0, 0.05) is 35.8 Å². The van der Waals surface area contributed by atoms with E-state index in [9.17, 15) is 4.79 Å². The highest BCUT2D eigenvalue weighted by atomic mass is 16.2. The van der Waals surface area contributed by atoms with Gasteiger partial charge in [-0.05, 0) is 35.4 Å². The van der Waals surface area contributed by atoms with Crippen LogP contribution in [-0.4, -0.2) is 42.1 Å². The Kier molecular flexibility index (Phi) is 4.26. The molecule has 1 amide bonds. The van der Waals surface area contributed by atoms with E-state index in [4.69, 9.17) is 10.8 Å². The summed E-state index contributed by atoms with van der Waals surface area (Å²) in [5.41, 5.74) is 11.8.